The largest absolute Gasteiger partial charge is 0.497 e. The summed E-state index contributed by atoms with van der Waals surface area (Å²) in [7, 11) is 4.50. The second kappa shape index (κ2) is 11.6. The number of methoxy groups -OCH3 is 3. The van der Waals surface area contributed by atoms with E-state index in [9.17, 15) is 10.1 Å². The van der Waals surface area contributed by atoms with Crippen molar-refractivity contribution in [3.05, 3.63) is 83.9 Å². The third-order valence-electron chi connectivity index (χ3n) is 5.53. The van der Waals surface area contributed by atoms with Crippen LogP contribution in [0.15, 0.2) is 82.2 Å². The quantitative estimate of drug-likeness (QED) is 0.213. The molecule has 0 amide bonds. The Labute approximate surface area is 214 Å². The number of nitrogens with zero attached hydrogens (tertiary/aromatic N) is 2. The molecule has 186 valence electrons. The number of nitriles is 1. The van der Waals surface area contributed by atoms with Crippen LogP contribution in [0.4, 0.5) is 5.88 Å². The van der Waals surface area contributed by atoms with Crippen molar-refractivity contribution < 1.29 is 28.2 Å². The Morgan fingerprint density at radius 2 is 1.43 bits per heavy atom. The maximum absolute atomic E-state index is 11.3. The number of hydrogen-bond donors (Lipinski definition) is 0. The number of rotatable bonds is 9. The fourth-order valence-corrected chi connectivity index (χ4v) is 3.58. The van der Waals surface area contributed by atoms with Gasteiger partial charge in [-0.2, -0.15) is 5.26 Å². The average molecular weight is 497 g/mol. The highest BCUT2D eigenvalue weighted by Crippen LogP contribution is 2.43. The number of ether oxygens (including phenoxy) is 4. The van der Waals surface area contributed by atoms with E-state index in [-0.39, 0.29) is 12.5 Å². The van der Waals surface area contributed by atoms with E-state index < -0.39 is 5.97 Å². The van der Waals surface area contributed by atoms with Crippen molar-refractivity contribution in [3.8, 4) is 45.8 Å². The third-order valence-corrected chi connectivity index (χ3v) is 5.53. The number of benzene rings is 3. The SMILES string of the molecule is COC(=O)COc1ccc(C=Nc2oc(-c3ccc(OC)cc3)c(-c3ccc(OC)cc3)c2C#N)cc1. The zero-order valence-electron chi connectivity index (χ0n) is 20.6. The van der Waals surface area contributed by atoms with Gasteiger partial charge in [0.2, 0.25) is 5.88 Å². The minimum Gasteiger partial charge on any atom is -0.497 e. The average Bonchev–Trinajstić information content (AvgIpc) is 3.33. The van der Waals surface area contributed by atoms with Gasteiger partial charge in [-0.05, 0) is 71.8 Å². The second-order valence-electron chi connectivity index (χ2n) is 7.75. The number of carbonyl (C=O) groups is 1. The van der Waals surface area contributed by atoms with Gasteiger partial charge in [0.05, 0.1) is 21.3 Å². The minimum atomic E-state index is -0.465. The van der Waals surface area contributed by atoms with Gasteiger partial charge >= 0.3 is 5.97 Å². The Hall–Kier alpha value is -5.03. The summed E-state index contributed by atoms with van der Waals surface area (Å²) in [5.41, 5.74) is 3.26. The molecule has 1 aromatic heterocycles. The fraction of sp³-hybridized carbons (Fsp3) is 0.138. The molecule has 0 bridgehead atoms. The van der Waals surface area contributed by atoms with E-state index >= 15 is 0 Å². The molecule has 8 heteroatoms. The monoisotopic (exact) mass is 496 g/mol. The van der Waals surface area contributed by atoms with Gasteiger partial charge in [0, 0.05) is 17.3 Å². The van der Waals surface area contributed by atoms with Crippen LogP contribution in [-0.2, 0) is 9.53 Å². The first-order valence-electron chi connectivity index (χ1n) is 11.3. The molecule has 3 aromatic carbocycles. The summed E-state index contributed by atoms with van der Waals surface area (Å²) >= 11 is 0. The van der Waals surface area contributed by atoms with Gasteiger partial charge in [0.1, 0.15) is 34.6 Å². The lowest BCUT2D eigenvalue weighted by atomic mass is 9.98. The van der Waals surface area contributed by atoms with Crippen molar-refractivity contribution >= 4 is 18.1 Å². The highest BCUT2D eigenvalue weighted by atomic mass is 16.6. The highest BCUT2D eigenvalue weighted by Gasteiger charge is 2.23. The van der Waals surface area contributed by atoms with Crippen LogP contribution >= 0.6 is 0 Å². The molecular formula is C29H24N2O6. The Morgan fingerprint density at radius 1 is 0.865 bits per heavy atom. The van der Waals surface area contributed by atoms with Gasteiger partial charge in [-0.15, -0.1) is 0 Å². The van der Waals surface area contributed by atoms with Gasteiger partial charge in [0.15, 0.2) is 6.61 Å². The van der Waals surface area contributed by atoms with E-state index in [0.29, 0.717) is 34.1 Å². The van der Waals surface area contributed by atoms with Crippen LogP contribution in [-0.4, -0.2) is 40.1 Å². The summed E-state index contributed by atoms with van der Waals surface area (Å²) in [6, 6.07) is 24.0. The fourth-order valence-electron chi connectivity index (χ4n) is 3.58. The first-order valence-corrected chi connectivity index (χ1v) is 11.3. The van der Waals surface area contributed by atoms with Gasteiger partial charge in [-0.1, -0.05) is 12.1 Å². The molecule has 0 aliphatic rings. The normalized spacial score (nSPS) is 10.6. The predicted molar refractivity (Wildman–Crippen MR) is 139 cm³/mol. The van der Waals surface area contributed by atoms with Crippen molar-refractivity contribution in [1.29, 1.82) is 5.26 Å². The van der Waals surface area contributed by atoms with Crippen molar-refractivity contribution in [1.82, 2.24) is 0 Å². The third kappa shape index (κ3) is 5.80. The Balaban J connectivity index is 1.70. The van der Waals surface area contributed by atoms with Gasteiger partial charge < -0.3 is 23.4 Å². The molecule has 0 saturated heterocycles. The molecule has 1 heterocycles. The molecule has 0 radical (unpaired) electrons. The standard InChI is InChI=1S/C29H24N2O6/c1-33-22-12-6-20(7-13-22)27-25(16-30)29(37-28(27)21-8-14-23(34-2)15-9-21)31-17-19-4-10-24(11-5-19)36-18-26(32)35-3/h4-15,17H,18H2,1-3H3. The molecule has 0 atom stereocenters. The van der Waals surface area contributed by atoms with Gasteiger partial charge in [0.25, 0.3) is 0 Å². The van der Waals surface area contributed by atoms with Crippen molar-refractivity contribution in [3.63, 3.8) is 0 Å². The highest BCUT2D eigenvalue weighted by molar-refractivity contribution is 5.90. The number of esters is 1. The van der Waals surface area contributed by atoms with Crippen LogP contribution in [0.2, 0.25) is 0 Å². The molecule has 0 unspecified atom stereocenters. The second-order valence-corrected chi connectivity index (χ2v) is 7.75. The van der Waals surface area contributed by atoms with Crippen molar-refractivity contribution in [2.75, 3.05) is 27.9 Å². The topological polar surface area (TPSA) is 103 Å². The van der Waals surface area contributed by atoms with Crippen LogP contribution in [0.5, 0.6) is 17.2 Å². The van der Waals surface area contributed by atoms with E-state index in [0.717, 1.165) is 16.7 Å². The lowest BCUT2D eigenvalue weighted by molar-refractivity contribution is -0.142. The van der Waals surface area contributed by atoms with E-state index in [1.807, 2.05) is 48.5 Å². The molecule has 0 spiro atoms. The molecule has 0 aliphatic carbocycles. The summed E-state index contributed by atoms with van der Waals surface area (Å²) in [6.45, 7) is -0.176. The number of carbonyl (C=O) groups excluding carboxylic acids is 1. The van der Waals surface area contributed by atoms with Crippen LogP contribution in [0.3, 0.4) is 0 Å². The zero-order chi connectivity index (χ0) is 26.2. The van der Waals surface area contributed by atoms with Crippen LogP contribution in [0, 0.1) is 11.3 Å². The molecule has 8 nitrogen and oxygen atoms in total. The van der Waals surface area contributed by atoms with Crippen LogP contribution in [0.25, 0.3) is 22.5 Å². The Morgan fingerprint density at radius 3 is 1.97 bits per heavy atom. The summed E-state index contributed by atoms with van der Waals surface area (Å²) < 4.78 is 26.6. The maximum atomic E-state index is 11.3. The molecule has 4 rings (SSSR count). The Kier molecular flexibility index (Phi) is 7.86. The molecule has 37 heavy (non-hydrogen) atoms. The summed E-state index contributed by atoms with van der Waals surface area (Å²) in [6.07, 6.45) is 1.60. The zero-order valence-corrected chi connectivity index (χ0v) is 20.6. The van der Waals surface area contributed by atoms with Crippen molar-refractivity contribution in [2.45, 2.75) is 0 Å². The lowest BCUT2D eigenvalue weighted by Crippen LogP contribution is -2.12. The Bertz CT molecular complexity index is 1430. The van der Waals surface area contributed by atoms with E-state index in [2.05, 4.69) is 15.8 Å². The van der Waals surface area contributed by atoms with E-state index in [1.165, 1.54) is 7.11 Å². The van der Waals surface area contributed by atoms with Crippen LogP contribution < -0.4 is 14.2 Å². The van der Waals surface area contributed by atoms with E-state index in [1.54, 1.807) is 44.7 Å². The molecule has 0 aliphatic heterocycles. The van der Waals surface area contributed by atoms with Crippen molar-refractivity contribution in [2.24, 2.45) is 4.99 Å². The van der Waals surface area contributed by atoms with E-state index in [4.69, 9.17) is 18.6 Å². The summed E-state index contributed by atoms with van der Waals surface area (Å²) in [5, 5.41) is 10.1. The first kappa shape index (κ1) is 25.1. The molecule has 0 saturated carbocycles. The number of hydrogen-bond acceptors (Lipinski definition) is 8. The predicted octanol–water partition coefficient (Wildman–Crippen LogP) is 5.80. The van der Waals surface area contributed by atoms with Gasteiger partial charge in [-0.25, -0.2) is 9.79 Å². The maximum Gasteiger partial charge on any atom is 0.343 e. The summed E-state index contributed by atoms with van der Waals surface area (Å²) in [5.74, 6) is 2.16. The van der Waals surface area contributed by atoms with Gasteiger partial charge in [-0.3, -0.25) is 0 Å². The molecule has 0 fully saturated rings. The molecular weight excluding hydrogens is 472 g/mol. The van der Waals surface area contributed by atoms with Crippen LogP contribution in [0.1, 0.15) is 11.1 Å². The number of aliphatic imine (C=N–C) groups is 1. The lowest BCUT2D eigenvalue weighted by Gasteiger charge is -2.06. The first-order chi connectivity index (χ1) is 18.1. The molecule has 4 aromatic rings. The smallest absolute Gasteiger partial charge is 0.343 e. The molecule has 0 N–H and O–H groups in total. The number of furan rings is 1. The summed E-state index contributed by atoms with van der Waals surface area (Å²) in [4.78, 5) is 15.7. The minimum absolute atomic E-state index is 0.176.